The average molecular weight is 381 g/mol. The van der Waals surface area contributed by atoms with Gasteiger partial charge in [-0.3, -0.25) is 4.90 Å². The van der Waals surface area contributed by atoms with Crippen LogP contribution in [-0.4, -0.2) is 11.9 Å². The number of rotatable bonds is 4. The van der Waals surface area contributed by atoms with Gasteiger partial charge in [0.2, 0.25) is 0 Å². The molecule has 0 saturated carbocycles. The van der Waals surface area contributed by atoms with E-state index >= 15 is 0 Å². The SMILES string of the molecule is CN(Cc1ccc(Br)s1)Cc1sccc1Br. The molecule has 0 aromatic carbocycles. The molecule has 0 atom stereocenters. The van der Waals surface area contributed by atoms with Crippen LogP contribution in [0.25, 0.3) is 0 Å². The van der Waals surface area contributed by atoms with E-state index in [0.29, 0.717) is 0 Å². The second kappa shape index (κ2) is 5.78. The summed E-state index contributed by atoms with van der Waals surface area (Å²) in [5.41, 5.74) is 0. The van der Waals surface area contributed by atoms with Gasteiger partial charge in [0, 0.05) is 27.3 Å². The molecule has 2 rings (SSSR count). The van der Waals surface area contributed by atoms with Crippen LogP contribution >= 0.6 is 54.5 Å². The summed E-state index contributed by atoms with van der Waals surface area (Å²) in [6.45, 7) is 1.99. The van der Waals surface area contributed by atoms with Gasteiger partial charge >= 0.3 is 0 Å². The van der Waals surface area contributed by atoms with Crippen LogP contribution < -0.4 is 0 Å². The van der Waals surface area contributed by atoms with Crippen molar-refractivity contribution in [1.82, 2.24) is 4.90 Å². The Morgan fingerprint density at radius 3 is 2.56 bits per heavy atom. The summed E-state index contributed by atoms with van der Waals surface area (Å²) in [5.74, 6) is 0. The van der Waals surface area contributed by atoms with E-state index in [1.807, 2.05) is 0 Å². The van der Waals surface area contributed by atoms with Gasteiger partial charge in [0.05, 0.1) is 3.79 Å². The minimum absolute atomic E-state index is 0.994. The smallest absolute Gasteiger partial charge is 0.0701 e. The van der Waals surface area contributed by atoms with Crippen LogP contribution in [0.5, 0.6) is 0 Å². The lowest BCUT2D eigenvalue weighted by Crippen LogP contribution is -2.15. The monoisotopic (exact) mass is 379 g/mol. The van der Waals surface area contributed by atoms with Gasteiger partial charge in [-0.1, -0.05) is 0 Å². The number of nitrogens with zero attached hydrogens (tertiary/aromatic N) is 1. The van der Waals surface area contributed by atoms with Gasteiger partial charge in [-0.15, -0.1) is 22.7 Å². The van der Waals surface area contributed by atoms with E-state index in [2.05, 4.69) is 67.4 Å². The molecule has 2 aromatic heterocycles. The van der Waals surface area contributed by atoms with Crippen molar-refractivity contribution in [2.45, 2.75) is 13.1 Å². The lowest BCUT2D eigenvalue weighted by molar-refractivity contribution is 0.324. The molecule has 0 radical (unpaired) electrons. The van der Waals surface area contributed by atoms with Gasteiger partial charge in [0.1, 0.15) is 0 Å². The number of hydrogen-bond donors (Lipinski definition) is 0. The summed E-state index contributed by atoms with van der Waals surface area (Å²) in [6, 6.07) is 6.39. The summed E-state index contributed by atoms with van der Waals surface area (Å²) in [4.78, 5) is 5.11. The Balaban J connectivity index is 1.94. The van der Waals surface area contributed by atoms with Crippen molar-refractivity contribution < 1.29 is 0 Å². The first-order valence-corrected chi connectivity index (χ1v) is 8.08. The van der Waals surface area contributed by atoms with Crippen molar-refractivity contribution in [1.29, 1.82) is 0 Å². The lowest BCUT2D eigenvalue weighted by Gasteiger charge is -2.14. The minimum Gasteiger partial charge on any atom is -0.296 e. The van der Waals surface area contributed by atoms with Gasteiger partial charge in [-0.05, 0) is 62.5 Å². The molecule has 1 nitrogen and oxygen atoms in total. The summed E-state index contributed by atoms with van der Waals surface area (Å²) in [6.07, 6.45) is 0. The third-order valence-corrected chi connectivity index (χ3v) is 5.68. The lowest BCUT2D eigenvalue weighted by atomic mass is 10.4. The molecular formula is C11H11Br2NS2. The molecule has 0 aliphatic rings. The molecule has 0 amide bonds. The predicted octanol–water partition coefficient (Wildman–Crippen LogP) is 4.97. The molecule has 0 N–H and O–H groups in total. The zero-order chi connectivity index (χ0) is 11.5. The fourth-order valence-corrected chi connectivity index (χ4v) is 4.56. The first-order valence-electron chi connectivity index (χ1n) is 4.80. The Labute approximate surface area is 120 Å². The maximum atomic E-state index is 3.56. The molecule has 0 aliphatic carbocycles. The Hall–Kier alpha value is 0.320. The zero-order valence-corrected chi connectivity index (χ0v) is 13.5. The molecule has 86 valence electrons. The molecule has 2 heterocycles. The largest absolute Gasteiger partial charge is 0.296 e. The number of thiophene rings is 2. The summed E-state index contributed by atoms with van der Waals surface area (Å²) < 4.78 is 2.42. The summed E-state index contributed by atoms with van der Waals surface area (Å²) in [7, 11) is 2.15. The molecule has 0 bridgehead atoms. The fraction of sp³-hybridized carbons (Fsp3) is 0.273. The predicted molar refractivity (Wildman–Crippen MR) is 79.2 cm³/mol. The zero-order valence-electron chi connectivity index (χ0n) is 8.74. The van der Waals surface area contributed by atoms with Crippen LogP contribution in [-0.2, 0) is 13.1 Å². The number of halogens is 2. The molecular weight excluding hydrogens is 370 g/mol. The van der Waals surface area contributed by atoms with E-state index in [0.717, 1.165) is 13.1 Å². The Morgan fingerprint density at radius 2 is 2.00 bits per heavy atom. The van der Waals surface area contributed by atoms with Crippen molar-refractivity contribution in [2.24, 2.45) is 0 Å². The van der Waals surface area contributed by atoms with E-state index in [1.54, 1.807) is 22.7 Å². The number of hydrogen-bond acceptors (Lipinski definition) is 3. The summed E-state index contributed by atoms with van der Waals surface area (Å²) in [5, 5.41) is 2.12. The normalized spacial score (nSPS) is 11.2. The van der Waals surface area contributed by atoms with E-state index < -0.39 is 0 Å². The second-order valence-corrected chi connectivity index (χ2v) is 7.97. The van der Waals surface area contributed by atoms with Crippen molar-refractivity contribution in [3.8, 4) is 0 Å². The highest BCUT2D eigenvalue weighted by Crippen LogP contribution is 2.26. The summed E-state index contributed by atoms with van der Waals surface area (Å²) >= 11 is 10.7. The quantitative estimate of drug-likeness (QED) is 0.723. The van der Waals surface area contributed by atoms with Crippen LogP contribution in [0.2, 0.25) is 0 Å². The molecule has 5 heteroatoms. The topological polar surface area (TPSA) is 3.24 Å². The standard InChI is InChI=1S/C11H11Br2NS2/c1-14(6-8-2-3-11(13)16-8)7-10-9(12)4-5-15-10/h2-5H,6-7H2,1H3. The molecule has 16 heavy (non-hydrogen) atoms. The van der Waals surface area contributed by atoms with E-state index in [4.69, 9.17) is 0 Å². The Bertz CT molecular complexity index is 464. The van der Waals surface area contributed by atoms with Gasteiger partial charge in [-0.2, -0.15) is 0 Å². The molecule has 0 aliphatic heterocycles. The van der Waals surface area contributed by atoms with Gasteiger partial charge in [0.15, 0.2) is 0 Å². The third-order valence-electron chi connectivity index (χ3n) is 2.16. The van der Waals surface area contributed by atoms with E-state index in [1.165, 1.54) is 18.0 Å². The van der Waals surface area contributed by atoms with Crippen LogP contribution in [0.4, 0.5) is 0 Å². The Kier molecular flexibility index (Phi) is 4.61. The third kappa shape index (κ3) is 3.40. The van der Waals surface area contributed by atoms with Crippen molar-refractivity contribution in [3.05, 3.63) is 41.6 Å². The maximum absolute atomic E-state index is 3.56. The molecule has 0 fully saturated rings. The average Bonchev–Trinajstić information content (AvgIpc) is 2.77. The Morgan fingerprint density at radius 1 is 1.19 bits per heavy atom. The molecule has 0 spiro atoms. The van der Waals surface area contributed by atoms with Crippen LogP contribution in [0.1, 0.15) is 9.75 Å². The van der Waals surface area contributed by atoms with Crippen molar-refractivity contribution in [2.75, 3.05) is 7.05 Å². The highest BCUT2D eigenvalue weighted by atomic mass is 79.9. The fourth-order valence-electron chi connectivity index (χ4n) is 1.44. The molecule has 0 unspecified atom stereocenters. The van der Waals surface area contributed by atoms with Crippen LogP contribution in [0, 0.1) is 0 Å². The highest BCUT2D eigenvalue weighted by Gasteiger charge is 2.07. The van der Waals surface area contributed by atoms with Gasteiger partial charge < -0.3 is 0 Å². The molecule has 0 saturated heterocycles. The van der Waals surface area contributed by atoms with Gasteiger partial charge in [0.25, 0.3) is 0 Å². The maximum Gasteiger partial charge on any atom is 0.0701 e. The molecule has 2 aromatic rings. The van der Waals surface area contributed by atoms with Crippen LogP contribution in [0.15, 0.2) is 31.8 Å². The van der Waals surface area contributed by atoms with Crippen LogP contribution in [0.3, 0.4) is 0 Å². The van der Waals surface area contributed by atoms with E-state index in [-0.39, 0.29) is 0 Å². The van der Waals surface area contributed by atoms with Crippen molar-refractivity contribution >= 4 is 54.5 Å². The second-order valence-electron chi connectivity index (χ2n) is 3.57. The van der Waals surface area contributed by atoms with E-state index in [9.17, 15) is 0 Å². The minimum atomic E-state index is 0.994. The first-order chi connectivity index (χ1) is 7.65. The van der Waals surface area contributed by atoms with Crippen molar-refractivity contribution in [3.63, 3.8) is 0 Å². The highest BCUT2D eigenvalue weighted by molar-refractivity contribution is 9.11. The first kappa shape index (κ1) is 12.8. The van der Waals surface area contributed by atoms with Gasteiger partial charge in [-0.25, -0.2) is 0 Å².